The summed E-state index contributed by atoms with van der Waals surface area (Å²) in [7, 11) is -3.87. The Balaban J connectivity index is 1.40. The predicted molar refractivity (Wildman–Crippen MR) is 133 cm³/mol. The molecule has 0 radical (unpaired) electrons. The van der Waals surface area contributed by atoms with Crippen molar-refractivity contribution in [1.29, 1.82) is 0 Å². The summed E-state index contributed by atoms with van der Waals surface area (Å²) in [6, 6.07) is 16.7. The number of thiophene rings is 1. The lowest BCUT2D eigenvalue weighted by Gasteiger charge is -2.28. The van der Waals surface area contributed by atoms with E-state index in [1.807, 2.05) is 43.0 Å². The molecule has 2 heterocycles. The van der Waals surface area contributed by atoms with Crippen LogP contribution in [-0.4, -0.2) is 38.9 Å². The zero-order valence-corrected chi connectivity index (χ0v) is 20.2. The number of aryl methyl sites for hydroxylation is 1. The van der Waals surface area contributed by atoms with Crippen molar-refractivity contribution >= 4 is 50.4 Å². The van der Waals surface area contributed by atoms with E-state index in [1.165, 1.54) is 11.8 Å². The van der Waals surface area contributed by atoms with Crippen LogP contribution in [0.5, 0.6) is 0 Å². The number of anilines is 2. The minimum absolute atomic E-state index is 0.0149. The molecule has 0 aliphatic carbocycles. The maximum atomic E-state index is 12.8. The van der Waals surface area contributed by atoms with Gasteiger partial charge in [-0.15, -0.1) is 11.3 Å². The SMILES string of the molecule is Cc1ccc(NS(=O)(=O)c2ccsc2C(=O)NCc2ccc(N3CCSCC3)cc2)cc1. The number of benzene rings is 2. The van der Waals surface area contributed by atoms with Gasteiger partial charge in [-0.2, -0.15) is 11.8 Å². The fourth-order valence-corrected chi connectivity index (χ4v) is 6.72. The highest BCUT2D eigenvalue weighted by Gasteiger charge is 2.24. The molecule has 2 N–H and O–H groups in total. The summed E-state index contributed by atoms with van der Waals surface area (Å²) in [6.45, 7) is 4.36. The van der Waals surface area contributed by atoms with E-state index in [0.29, 0.717) is 12.2 Å². The van der Waals surface area contributed by atoms with Gasteiger partial charge in [0, 0.05) is 42.5 Å². The van der Waals surface area contributed by atoms with E-state index in [1.54, 1.807) is 17.5 Å². The molecular weight excluding hydrogens is 462 g/mol. The number of nitrogens with one attached hydrogen (secondary N) is 2. The summed E-state index contributed by atoms with van der Waals surface area (Å²) < 4.78 is 28.2. The number of carbonyl (C=O) groups is 1. The van der Waals surface area contributed by atoms with Crippen molar-refractivity contribution in [2.45, 2.75) is 18.4 Å². The van der Waals surface area contributed by atoms with Crippen LogP contribution in [0.2, 0.25) is 0 Å². The van der Waals surface area contributed by atoms with Gasteiger partial charge < -0.3 is 10.2 Å². The molecule has 0 spiro atoms. The van der Waals surface area contributed by atoms with Crippen molar-refractivity contribution in [3.05, 3.63) is 76.0 Å². The van der Waals surface area contributed by atoms with E-state index in [2.05, 4.69) is 27.1 Å². The van der Waals surface area contributed by atoms with E-state index in [4.69, 9.17) is 0 Å². The van der Waals surface area contributed by atoms with Crippen LogP contribution in [0.4, 0.5) is 11.4 Å². The van der Waals surface area contributed by atoms with Gasteiger partial charge in [0.1, 0.15) is 9.77 Å². The second kappa shape index (κ2) is 9.97. The highest BCUT2D eigenvalue weighted by Crippen LogP contribution is 2.25. The van der Waals surface area contributed by atoms with Crippen LogP contribution in [0.1, 0.15) is 20.8 Å². The molecular formula is C23H25N3O3S3. The monoisotopic (exact) mass is 487 g/mol. The fourth-order valence-electron chi connectivity index (χ4n) is 3.42. The topological polar surface area (TPSA) is 78.5 Å². The van der Waals surface area contributed by atoms with E-state index >= 15 is 0 Å². The van der Waals surface area contributed by atoms with Gasteiger partial charge in [-0.25, -0.2) is 8.42 Å². The molecule has 1 fully saturated rings. The molecule has 32 heavy (non-hydrogen) atoms. The summed E-state index contributed by atoms with van der Waals surface area (Å²) in [5, 5.41) is 4.46. The smallest absolute Gasteiger partial charge is 0.263 e. The molecule has 2 aromatic carbocycles. The highest BCUT2D eigenvalue weighted by molar-refractivity contribution is 7.99. The molecule has 6 nitrogen and oxygen atoms in total. The second-order valence-electron chi connectivity index (χ2n) is 7.53. The molecule has 0 bridgehead atoms. The molecule has 0 unspecified atom stereocenters. The van der Waals surface area contributed by atoms with Crippen LogP contribution in [0, 0.1) is 6.92 Å². The van der Waals surface area contributed by atoms with Crippen molar-refractivity contribution < 1.29 is 13.2 Å². The number of sulfonamides is 1. The fraction of sp³-hybridized carbons (Fsp3) is 0.261. The molecule has 1 aliphatic rings. The van der Waals surface area contributed by atoms with E-state index in [-0.39, 0.29) is 9.77 Å². The lowest BCUT2D eigenvalue weighted by Crippen LogP contribution is -2.32. The average Bonchev–Trinajstić information content (AvgIpc) is 3.31. The van der Waals surface area contributed by atoms with Crippen LogP contribution >= 0.6 is 23.1 Å². The normalized spacial score (nSPS) is 14.2. The second-order valence-corrected chi connectivity index (χ2v) is 11.3. The molecule has 1 aliphatic heterocycles. The first-order chi connectivity index (χ1) is 15.4. The molecule has 1 amide bonds. The maximum Gasteiger partial charge on any atom is 0.263 e. The van der Waals surface area contributed by atoms with Crippen LogP contribution in [0.25, 0.3) is 0 Å². The lowest BCUT2D eigenvalue weighted by molar-refractivity contribution is 0.0952. The summed E-state index contributed by atoms with van der Waals surface area (Å²) in [6.07, 6.45) is 0. The molecule has 0 atom stereocenters. The van der Waals surface area contributed by atoms with Gasteiger partial charge in [0.2, 0.25) is 0 Å². The third-order valence-corrected chi connectivity index (χ3v) is 8.60. The Morgan fingerprint density at radius 2 is 1.69 bits per heavy atom. The first-order valence-electron chi connectivity index (χ1n) is 10.3. The van der Waals surface area contributed by atoms with Crippen molar-refractivity contribution in [3.63, 3.8) is 0 Å². The number of amides is 1. The summed E-state index contributed by atoms with van der Waals surface area (Å²) in [5.41, 5.74) is 3.65. The van der Waals surface area contributed by atoms with Crippen LogP contribution in [0.3, 0.4) is 0 Å². The number of nitrogens with zero attached hydrogens (tertiary/aromatic N) is 1. The van der Waals surface area contributed by atoms with Gasteiger partial charge in [-0.3, -0.25) is 9.52 Å². The summed E-state index contributed by atoms with van der Waals surface area (Å²) in [5.74, 6) is 1.88. The largest absolute Gasteiger partial charge is 0.370 e. The van der Waals surface area contributed by atoms with Gasteiger partial charge in [0.15, 0.2) is 0 Å². The van der Waals surface area contributed by atoms with Gasteiger partial charge in [-0.05, 0) is 48.2 Å². The Kier molecular flexibility index (Phi) is 7.07. The van der Waals surface area contributed by atoms with Crippen molar-refractivity contribution in [1.82, 2.24) is 5.32 Å². The van der Waals surface area contributed by atoms with E-state index in [9.17, 15) is 13.2 Å². The zero-order chi connectivity index (χ0) is 22.6. The van der Waals surface area contributed by atoms with Crippen LogP contribution in [-0.2, 0) is 16.6 Å². The molecule has 9 heteroatoms. The van der Waals surface area contributed by atoms with Gasteiger partial charge >= 0.3 is 0 Å². The van der Waals surface area contributed by atoms with Gasteiger partial charge in [0.25, 0.3) is 15.9 Å². The highest BCUT2D eigenvalue weighted by atomic mass is 32.2. The quantitative estimate of drug-likeness (QED) is 0.518. The third-order valence-electron chi connectivity index (χ3n) is 5.19. The Hall–Kier alpha value is -2.49. The molecule has 0 saturated carbocycles. The minimum atomic E-state index is -3.87. The zero-order valence-electron chi connectivity index (χ0n) is 17.7. The van der Waals surface area contributed by atoms with Crippen molar-refractivity contribution in [2.24, 2.45) is 0 Å². The number of hydrogen-bond acceptors (Lipinski definition) is 6. The first kappa shape index (κ1) is 22.7. The van der Waals surface area contributed by atoms with E-state index < -0.39 is 15.9 Å². The molecule has 3 aromatic rings. The van der Waals surface area contributed by atoms with Gasteiger partial charge in [-0.1, -0.05) is 29.8 Å². The van der Waals surface area contributed by atoms with Crippen LogP contribution < -0.4 is 14.9 Å². The maximum absolute atomic E-state index is 12.8. The average molecular weight is 488 g/mol. The third kappa shape index (κ3) is 5.46. The molecule has 1 saturated heterocycles. The standard InChI is InChI=1S/C23H25N3O3S3/c1-17-2-6-19(7-3-17)25-32(28,29)21-10-13-31-22(21)23(27)24-16-18-4-8-20(9-5-18)26-11-14-30-15-12-26/h2-10,13,25H,11-12,14-16H2,1H3,(H,24,27). The van der Waals surface area contributed by atoms with Crippen LogP contribution in [0.15, 0.2) is 64.9 Å². The Bertz CT molecular complexity index is 1170. The first-order valence-corrected chi connectivity index (χ1v) is 13.8. The van der Waals surface area contributed by atoms with E-state index in [0.717, 1.165) is 47.1 Å². The molecule has 168 valence electrons. The van der Waals surface area contributed by atoms with Crippen molar-refractivity contribution in [3.8, 4) is 0 Å². The minimum Gasteiger partial charge on any atom is -0.370 e. The number of thioether (sulfide) groups is 1. The Labute approximate surface area is 197 Å². The number of carbonyl (C=O) groups excluding carboxylic acids is 1. The predicted octanol–water partition coefficient (Wildman–Crippen LogP) is 4.34. The molecule has 1 aromatic heterocycles. The lowest BCUT2D eigenvalue weighted by atomic mass is 10.2. The Morgan fingerprint density at radius 3 is 2.38 bits per heavy atom. The molecule has 4 rings (SSSR count). The number of rotatable bonds is 7. The summed E-state index contributed by atoms with van der Waals surface area (Å²) in [4.78, 5) is 15.3. The van der Waals surface area contributed by atoms with Gasteiger partial charge in [0.05, 0.1) is 0 Å². The van der Waals surface area contributed by atoms with Crippen molar-refractivity contribution in [2.75, 3.05) is 34.2 Å². The number of hydrogen-bond donors (Lipinski definition) is 2. The summed E-state index contributed by atoms with van der Waals surface area (Å²) >= 11 is 3.09. The Morgan fingerprint density at radius 1 is 1.00 bits per heavy atom.